The summed E-state index contributed by atoms with van der Waals surface area (Å²) in [5, 5.41) is 21.6. The van der Waals surface area contributed by atoms with Gasteiger partial charge in [0.05, 0.1) is 16.9 Å². The van der Waals surface area contributed by atoms with Crippen LogP contribution in [0.2, 0.25) is 0 Å². The van der Waals surface area contributed by atoms with Crippen LogP contribution >= 0.6 is 0 Å². The second kappa shape index (κ2) is 10.1. The number of hydrogen-bond acceptors (Lipinski definition) is 4. The fourth-order valence-electron chi connectivity index (χ4n) is 4.10. The van der Waals surface area contributed by atoms with E-state index in [0.29, 0.717) is 22.5 Å². The summed E-state index contributed by atoms with van der Waals surface area (Å²) in [7, 11) is 0. The molecule has 1 amide bonds. The van der Waals surface area contributed by atoms with Crippen molar-refractivity contribution in [3.63, 3.8) is 0 Å². The Bertz CT molecular complexity index is 1510. The first-order chi connectivity index (χ1) is 17.7. The third kappa shape index (κ3) is 4.52. The van der Waals surface area contributed by atoms with Crippen molar-refractivity contribution in [3.8, 4) is 16.9 Å². The summed E-state index contributed by atoms with van der Waals surface area (Å²) in [6.45, 7) is 1.99. The number of benzene rings is 4. The van der Waals surface area contributed by atoms with E-state index in [2.05, 4.69) is 10.5 Å². The molecule has 36 heavy (non-hydrogen) atoms. The number of para-hydroxylation sites is 1. The van der Waals surface area contributed by atoms with E-state index in [1.807, 2.05) is 122 Å². The molecular weight excluding hydrogens is 448 g/mol. The largest absolute Gasteiger partial charge is 0.410 e. The van der Waals surface area contributed by atoms with Crippen LogP contribution in [0.5, 0.6) is 0 Å². The standard InChI is InChI=1S/C30H24N4O2/c1-21-17-19-24(20-18-21)31-30(35)28-26(27(33-36)22-11-5-2-6-12-22)29(23-13-7-3-8-14-23)34(32-28)25-15-9-4-10-16-25/h2-20,36H,1H3,(H,31,35)/b33-27+. The molecule has 1 aromatic heterocycles. The average molecular weight is 473 g/mol. The summed E-state index contributed by atoms with van der Waals surface area (Å²) in [5.41, 5.74) is 5.49. The first-order valence-corrected chi connectivity index (χ1v) is 11.6. The monoisotopic (exact) mass is 472 g/mol. The van der Waals surface area contributed by atoms with Crippen LogP contribution in [0.1, 0.15) is 27.2 Å². The molecule has 0 bridgehead atoms. The number of carbonyl (C=O) groups excluding carboxylic acids is 1. The van der Waals surface area contributed by atoms with Crippen molar-refractivity contribution >= 4 is 17.3 Å². The van der Waals surface area contributed by atoms with E-state index in [-0.39, 0.29) is 11.4 Å². The normalized spacial score (nSPS) is 11.3. The molecule has 0 aliphatic heterocycles. The van der Waals surface area contributed by atoms with Gasteiger partial charge in [-0.25, -0.2) is 4.68 Å². The van der Waals surface area contributed by atoms with Crippen molar-refractivity contribution in [2.24, 2.45) is 5.16 Å². The molecule has 0 saturated heterocycles. The van der Waals surface area contributed by atoms with E-state index in [1.165, 1.54) is 0 Å². The van der Waals surface area contributed by atoms with Gasteiger partial charge < -0.3 is 10.5 Å². The predicted octanol–water partition coefficient (Wildman–Crippen LogP) is 6.33. The van der Waals surface area contributed by atoms with E-state index in [0.717, 1.165) is 16.8 Å². The number of oxime groups is 1. The zero-order valence-electron chi connectivity index (χ0n) is 19.7. The Kier molecular flexibility index (Phi) is 6.40. The lowest BCUT2D eigenvalue weighted by molar-refractivity contribution is 0.102. The summed E-state index contributed by atoms with van der Waals surface area (Å²) in [4.78, 5) is 13.7. The molecule has 5 rings (SSSR count). The van der Waals surface area contributed by atoms with Gasteiger partial charge in [0.25, 0.3) is 5.91 Å². The minimum atomic E-state index is -0.405. The summed E-state index contributed by atoms with van der Waals surface area (Å²) in [5.74, 6) is -0.405. The number of nitrogens with one attached hydrogen (secondary N) is 1. The zero-order valence-corrected chi connectivity index (χ0v) is 19.7. The van der Waals surface area contributed by atoms with E-state index in [1.54, 1.807) is 4.68 Å². The highest BCUT2D eigenvalue weighted by Gasteiger charge is 2.29. The summed E-state index contributed by atoms with van der Waals surface area (Å²) in [6.07, 6.45) is 0. The molecule has 176 valence electrons. The first-order valence-electron chi connectivity index (χ1n) is 11.6. The molecule has 6 nitrogen and oxygen atoms in total. The third-order valence-corrected chi connectivity index (χ3v) is 5.84. The smallest absolute Gasteiger partial charge is 0.276 e. The minimum Gasteiger partial charge on any atom is -0.410 e. The molecule has 0 saturated carbocycles. The Morgan fingerprint density at radius 2 is 1.39 bits per heavy atom. The molecule has 0 radical (unpaired) electrons. The molecular formula is C30H24N4O2. The maximum atomic E-state index is 13.7. The van der Waals surface area contributed by atoms with E-state index in [9.17, 15) is 10.0 Å². The fourth-order valence-corrected chi connectivity index (χ4v) is 4.10. The highest BCUT2D eigenvalue weighted by molar-refractivity contribution is 6.22. The Balaban J connectivity index is 1.77. The number of carbonyl (C=O) groups is 1. The molecule has 0 aliphatic carbocycles. The molecule has 2 N–H and O–H groups in total. The summed E-state index contributed by atoms with van der Waals surface area (Å²) >= 11 is 0. The number of anilines is 1. The summed E-state index contributed by atoms with van der Waals surface area (Å²) < 4.78 is 1.73. The molecule has 6 heteroatoms. The number of amides is 1. The first kappa shape index (κ1) is 22.8. The number of aryl methyl sites for hydroxylation is 1. The van der Waals surface area contributed by atoms with Gasteiger partial charge in [-0.3, -0.25) is 4.79 Å². The van der Waals surface area contributed by atoms with Crippen LogP contribution in [0.3, 0.4) is 0 Å². The van der Waals surface area contributed by atoms with E-state index >= 15 is 0 Å². The lowest BCUT2D eigenvalue weighted by Gasteiger charge is -2.12. The van der Waals surface area contributed by atoms with Crippen LogP contribution in [0.4, 0.5) is 5.69 Å². The predicted molar refractivity (Wildman–Crippen MR) is 142 cm³/mol. The SMILES string of the molecule is Cc1ccc(NC(=O)c2nn(-c3ccccc3)c(-c3ccccc3)c2/C(=N/O)c2ccccc2)cc1. The molecule has 0 fully saturated rings. The second-order valence-corrected chi connectivity index (χ2v) is 8.32. The quantitative estimate of drug-likeness (QED) is 0.172. The lowest BCUT2D eigenvalue weighted by atomic mass is 9.96. The zero-order chi connectivity index (χ0) is 24.9. The highest BCUT2D eigenvalue weighted by Crippen LogP contribution is 2.32. The third-order valence-electron chi connectivity index (χ3n) is 5.84. The molecule has 0 unspecified atom stereocenters. The van der Waals surface area contributed by atoms with Gasteiger partial charge in [0.2, 0.25) is 0 Å². The maximum Gasteiger partial charge on any atom is 0.276 e. The van der Waals surface area contributed by atoms with Gasteiger partial charge in [0, 0.05) is 16.8 Å². The molecule has 0 spiro atoms. The molecule has 1 heterocycles. The minimum absolute atomic E-state index is 0.148. The van der Waals surface area contributed by atoms with Gasteiger partial charge in [-0.2, -0.15) is 5.10 Å². The van der Waals surface area contributed by atoms with Crippen molar-refractivity contribution in [1.29, 1.82) is 0 Å². The number of hydrogen-bond donors (Lipinski definition) is 2. The van der Waals surface area contributed by atoms with Crippen LogP contribution in [0.15, 0.2) is 120 Å². The average Bonchev–Trinajstić information content (AvgIpc) is 3.32. The van der Waals surface area contributed by atoms with Gasteiger partial charge >= 0.3 is 0 Å². The van der Waals surface area contributed by atoms with Crippen molar-refractivity contribution in [2.45, 2.75) is 6.92 Å². The second-order valence-electron chi connectivity index (χ2n) is 8.32. The van der Waals surface area contributed by atoms with Crippen molar-refractivity contribution in [3.05, 3.63) is 138 Å². The van der Waals surface area contributed by atoms with Crippen LogP contribution in [0, 0.1) is 6.92 Å². The summed E-state index contributed by atoms with van der Waals surface area (Å²) in [6, 6.07) is 36.1. The molecule has 4 aromatic carbocycles. The van der Waals surface area contributed by atoms with E-state index < -0.39 is 5.91 Å². The maximum absolute atomic E-state index is 13.7. The Labute approximate surface area is 209 Å². The van der Waals surface area contributed by atoms with Crippen LogP contribution in [-0.2, 0) is 0 Å². The number of rotatable bonds is 6. The number of nitrogens with zero attached hydrogens (tertiary/aromatic N) is 3. The molecule has 0 atom stereocenters. The molecule has 5 aromatic rings. The molecule has 0 aliphatic rings. The van der Waals surface area contributed by atoms with Crippen molar-refractivity contribution in [2.75, 3.05) is 5.32 Å². The Morgan fingerprint density at radius 1 is 0.806 bits per heavy atom. The lowest BCUT2D eigenvalue weighted by Crippen LogP contribution is -2.17. The van der Waals surface area contributed by atoms with Gasteiger partial charge in [-0.15, -0.1) is 0 Å². The Morgan fingerprint density at radius 3 is 2.00 bits per heavy atom. The van der Waals surface area contributed by atoms with Crippen LogP contribution in [-0.4, -0.2) is 26.6 Å². The van der Waals surface area contributed by atoms with E-state index in [4.69, 9.17) is 5.10 Å². The Hall–Kier alpha value is -4.97. The van der Waals surface area contributed by atoms with Crippen LogP contribution < -0.4 is 5.32 Å². The number of aromatic nitrogens is 2. The van der Waals surface area contributed by atoms with Gasteiger partial charge in [0.15, 0.2) is 5.69 Å². The van der Waals surface area contributed by atoms with Crippen LogP contribution in [0.25, 0.3) is 16.9 Å². The fraction of sp³-hybridized carbons (Fsp3) is 0.0333. The van der Waals surface area contributed by atoms with Crippen molar-refractivity contribution in [1.82, 2.24) is 9.78 Å². The van der Waals surface area contributed by atoms with Gasteiger partial charge in [-0.1, -0.05) is 102 Å². The van der Waals surface area contributed by atoms with Crippen molar-refractivity contribution < 1.29 is 10.0 Å². The highest BCUT2D eigenvalue weighted by atomic mass is 16.4. The topological polar surface area (TPSA) is 79.5 Å². The van der Waals surface area contributed by atoms with Gasteiger partial charge in [-0.05, 0) is 31.2 Å². The van der Waals surface area contributed by atoms with Gasteiger partial charge in [0.1, 0.15) is 5.71 Å².